The highest BCUT2D eigenvalue weighted by Crippen LogP contribution is 2.26. The second-order valence-corrected chi connectivity index (χ2v) is 8.62. The normalized spacial score (nSPS) is 11.7. The summed E-state index contributed by atoms with van der Waals surface area (Å²) in [6.07, 6.45) is 3.35. The summed E-state index contributed by atoms with van der Waals surface area (Å²) >= 11 is 1.52. The first-order valence-electron chi connectivity index (χ1n) is 10.9. The van der Waals surface area contributed by atoms with Crippen LogP contribution in [0.15, 0.2) is 90.6 Å². The van der Waals surface area contributed by atoms with Crippen molar-refractivity contribution in [3.05, 3.63) is 96.4 Å². The highest BCUT2D eigenvalue weighted by Gasteiger charge is 2.20. The minimum Gasteiger partial charge on any atom is -0.324 e. The predicted molar refractivity (Wildman–Crippen MR) is 135 cm³/mol. The van der Waals surface area contributed by atoms with Gasteiger partial charge in [0, 0.05) is 23.8 Å². The Hall–Kier alpha value is -4.57. The zero-order valence-corrected chi connectivity index (χ0v) is 19.5. The van der Waals surface area contributed by atoms with E-state index in [1.807, 2.05) is 47.8 Å². The van der Waals surface area contributed by atoms with Gasteiger partial charge in [-0.2, -0.15) is 5.10 Å². The maximum absolute atomic E-state index is 13.0. The van der Waals surface area contributed by atoms with Gasteiger partial charge in [0.05, 0.1) is 10.6 Å². The molecule has 0 aliphatic rings. The van der Waals surface area contributed by atoms with Crippen molar-refractivity contribution in [3.8, 4) is 16.4 Å². The maximum atomic E-state index is 13.0. The monoisotopic (exact) mass is 483 g/mol. The molecule has 0 saturated carbocycles. The van der Waals surface area contributed by atoms with Crippen LogP contribution in [0.2, 0.25) is 0 Å². The van der Waals surface area contributed by atoms with Gasteiger partial charge >= 0.3 is 0 Å². The molecule has 0 radical (unpaired) electrons. The number of para-hydroxylation sites is 1. The molecule has 0 aliphatic heterocycles. The predicted octanol–water partition coefficient (Wildman–Crippen LogP) is 4.64. The Balaban J connectivity index is 1.35. The molecule has 3 aromatic heterocycles. The van der Waals surface area contributed by atoms with Crippen LogP contribution in [0, 0.1) is 0 Å². The van der Waals surface area contributed by atoms with E-state index in [9.17, 15) is 9.59 Å². The van der Waals surface area contributed by atoms with Crippen molar-refractivity contribution in [1.82, 2.24) is 24.5 Å². The van der Waals surface area contributed by atoms with Crippen LogP contribution in [-0.4, -0.2) is 36.4 Å². The van der Waals surface area contributed by atoms with Crippen LogP contribution >= 0.6 is 11.3 Å². The zero-order chi connectivity index (χ0) is 24.2. The summed E-state index contributed by atoms with van der Waals surface area (Å²) in [5, 5.41) is 16.2. The molecule has 1 atom stereocenters. The van der Waals surface area contributed by atoms with Crippen molar-refractivity contribution in [2.45, 2.75) is 13.0 Å². The van der Waals surface area contributed by atoms with Gasteiger partial charge in [-0.25, -0.2) is 9.67 Å². The number of nitrogens with zero attached hydrogens (tertiary/aromatic N) is 5. The minimum absolute atomic E-state index is 0.0407. The molecule has 1 unspecified atom stereocenters. The molecule has 2 amide bonds. The van der Waals surface area contributed by atoms with Crippen LogP contribution in [0.5, 0.6) is 0 Å². The highest BCUT2D eigenvalue weighted by atomic mass is 32.1. The van der Waals surface area contributed by atoms with E-state index in [0.717, 1.165) is 10.6 Å². The van der Waals surface area contributed by atoms with Crippen molar-refractivity contribution in [1.29, 1.82) is 0 Å². The van der Waals surface area contributed by atoms with E-state index in [0.29, 0.717) is 17.2 Å². The lowest BCUT2D eigenvalue weighted by atomic mass is 10.2. The van der Waals surface area contributed by atoms with Gasteiger partial charge in [-0.3, -0.25) is 14.3 Å². The van der Waals surface area contributed by atoms with Gasteiger partial charge in [0.1, 0.15) is 6.04 Å². The Morgan fingerprint density at radius 3 is 2.46 bits per heavy atom. The van der Waals surface area contributed by atoms with Gasteiger partial charge in [-0.1, -0.05) is 30.3 Å². The number of carbonyl (C=O) groups excluding carboxylic acids is 2. The number of benzene rings is 2. The van der Waals surface area contributed by atoms with Crippen molar-refractivity contribution in [2.24, 2.45) is 0 Å². The Kier molecular flexibility index (Phi) is 6.18. The summed E-state index contributed by atoms with van der Waals surface area (Å²) in [5.74, 6) is -0.0455. The lowest BCUT2D eigenvalue weighted by Crippen LogP contribution is -2.24. The summed E-state index contributed by atoms with van der Waals surface area (Å²) < 4.78 is 3.23. The van der Waals surface area contributed by atoms with E-state index >= 15 is 0 Å². The van der Waals surface area contributed by atoms with Gasteiger partial charge in [0.15, 0.2) is 5.82 Å². The largest absolute Gasteiger partial charge is 0.324 e. The molecule has 0 fully saturated rings. The number of thiophene rings is 1. The second kappa shape index (κ2) is 9.74. The molecule has 5 rings (SSSR count). The average Bonchev–Trinajstić information content (AvgIpc) is 3.66. The molecule has 0 bridgehead atoms. The maximum Gasteiger partial charge on any atom is 0.295 e. The minimum atomic E-state index is -0.481. The number of anilines is 2. The number of carbonyl (C=O) groups is 2. The third-order valence-electron chi connectivity index (χ3n) is 5.24. The van der Waals surface area contributed by atoms with E-state index in [-0.39, 0.29) is 11.7 Å². The molecule has 2 aromatic carbocycles. The third kappa shape index (κ3) is 4.87. The standard InChI is InChI=1S/C25H21N7O2S/c1-17(31-14-7-13-26-31)24(33)27-18-8-5-9-19(16-18)28-25(34)22-29-23(21-12-6-15-35-21)32(30-22)20-10-3-2-4-11-20/h2-17H,1H3,(H,27,33)(H,28,34). The van der Waals surface area contributed by atoms with Gasteiger partial charge < -0.3 is 10.6 Å². The topological polar surface area (TPSA) is 107 Å². The van der Waals surface area contributed by atoms with Crippen molar-refractivity contribution < 1.29 is 9.59 Å². The number of hydrogen-bond acceptors (Lipinski definition) is 6. The Labute approximate surface area is 205 Å². The first kappa shape index (κ1) is 22.2. The van der Waals surface area contributed by atoms with Crippen molar-refractivity contribution >= 4 is 34.5 Å². The van der Waals surface area contributed by atoms with Gasteiger partial charge in [-0.15, -0.1) is 16.4 Å². The number of amides is 2. The molecule has 0 spiro atoms. The number of rotatable bonds is 7. The SMILES string of the molecule is CC(C(=O)Nc1cccc(NC(=O)c2nc(-c3cccs3)n(-c3ccccc3)n2)c1)n1cccn1. The van der Waals surface area contributed by atoms with E-state index in [1.54, 1.807) is 59.0 Å². The van der Waals surface area contributed by atoms with Crippen LogP contribution in [-0.2, 0) is 4.79 Å². The number of nitrogens with one attached hydrogen (secondary N) is 2. The van der Waals surface area contributed by atoms with Crippen LogP contribution in [0.4, 0.5) is 11.4 Å². The van der Waals surface area contributed by atoms with E-state index in [4.69, 9.17) is 0 Å². The number of hydrogen-bond donors (Lipinski definition) is 2. The molecule has 35 heavy (non-hydrogen) atoms. The summed E-state index contributed by atoms with van der Waals surface area (Å²) in [6.45, 7) is 1.76. The lowest BCUT2D eigenvalue weighted by Gasteiger charge is -2.13. The molecule has 5 aromatic rings. The molecule has 10 heteroatoms. The average molecular weight is 484 g/mol. The van der Waals surface area contributed by atoms with E-state index < -0.39 is 11.9 Å². The number of aromatic nitrogens is 5. The first-order valence-corrected chi connectivity index (χ1v) is 11.7. The van der Waals surface area contributed by atoms with Gasteiger partial charge in [0.25, 0.3) is 5.91 Å². The Bertz CT molecular complexity index is 1440. The van der Waals surface area contributed by atoms with Crippen LogP contribution in [0.25, 0.3) is 16.4 Å². The first-order chi connectivity index (χ1) is 17.1. The quantitative estimate of drug-likeness (QED) is 0.351. The summed E-state index contributed by atoms with van der Waals surface area (Å²) in [5.41, 5.74) is 1.86. The van der Waals surface area contributed by atoms with Crippen LogP contribution in [0.3, 0.4) is 0 Å². The van der Waals surface area contributed by atoms with Crippen molar-refractivity contribution in [2.75, 3.05) is 10.6 Å². The second-order valence-electron chi connectivity index (χ2n) is 7.67. The fraction of sp³-hybridized carbons (Fsp3) is 0.0800. The summed E-state index contributed by atoms with van der Waals surface area (Å²) in [7, 11) is 0. The van der Waals surface area contributed by atoms with Gasteiger partial charge in [0.2, 0.25) is 11.7 Å². The molecular weight excluding hydrogens is 462 g/mol. The molecule has 0 saturated heterocycles. The summed E-state index contributed by atoms with van der Waals surface area (Å²) in [4.78, 5) is 31.0. The van der Waals surface area contributed by atoms with Crippen LogP contribution < -0.4 is 10.6 Å². The molecule has 174 valence electrons. The van der Waals surface area contributed by atoms with Gasteiger partial charge in [-0.05, 0) is 54.8 Å². The smallest absolute Gasteiger partial charge is 0.295 e. The van der Waals surface area contributed by atoms with Crippen LogP contribution in [0.1, 0.15) is 23.6 Å². The summed E-state index contributed by atoms with van der Waals surface area (Å²) in [6, 6.07) is 21.6. The molecular formula is C25H21N7O2S. The van der Waals surface area contributed by atoms with E-state index in [1.165, 1.54) is 11.3 Å². The lowest BCUT2D eigenvalue weighted by molar-refractivity contribution is -0.119. The fourth-order valence-electron chi connectivity index (χ4n) is 3.46. The molecule has 9 nitrogen and oxygen atoms in total. The fourth-order valence-corrected chi connectivity index (χ4v) is 4.16. The zero-order valence-electron chi connectivity index (χ0n) is 18.7. The third-order valence-corrected chi connectivity index (χ3v) is 6.11. The molecule has 3 heterocycles. The molecule has 2 N–H and O–H groups in total. The Morgan fingerprint density at radius 2 is 1.74 bits per heavy atom. The molecule has 0 aliphatic carbocycles. The Morgan fingerprint density at radius 1 is 0.943 bits per heavy atom. The van der Waals surface area contributed by atoms with Crippen molar-refractivity contribution in [3.63, 3.8) is 0 Å². The highest BCUT2D eigenvalue weighted by molar-refractivity contribution is 7.13. The van der Waals surface area contributed by atoms with E-state index in [2.05, 4.69) is 25.8 Å².